The van der Waals surface area contributed by atoms with Crippen molar-refractivity contribution in [3.05, 3.63) is 76.9 Å². The number of likely N-dealkylation sites (tertiary alicyclic amines) is 1. The Bertz CT molecular complexity index is 969. The van der Waals surface area contributed by atoms with E-state index in [-0.39, 0.29) is 0 Å². The van der Waals surface area contributed by atoms with Crippen LogP contribution in [0.25, 0.3) is 0 Å². The lowest BCUT2D eigenvalue weighted by Crippen LogP contribution is -2.23. The Morgan fingerprint density at radius 3 is 2.79 bits per heavy atom. The summed E-state index contributed by atoms with van der Waals surface area (Å²) in [4.78, 5) is 16.2. The van der Waals surface area contributed by atoms with Crippen LogP contribution in [0.15, 0.2) is 48.9 Å². The first-order valence-electron chi connectivity index (χ1n) is 9.91. The van der Waals surface area contributed by atoms with Crippen LogP contribution < -0.4 is 5.32 Å². The van der Waals surface area contributed by atoms with Crippen molar-refractivity contribution in [3.63, 3.8) is 0 Å². The molecule has 144 valence electrons. The predicted octanol–water partition coefficient (Wildman–Crippen LogP) is 4.88. The standard InChI is InChI=1S/C23H27N5/c1-16-8-9-19(12-18(16)3)15-28-11-5-7-21(28)20-13-24-14-22(26-20)27-23-17(2)6-4-10-25-23/h4,6,8-10,12-14,21H,5,7,11,15H2,1-3H3,(H,25,26,27). The van der Waals surface area contributed by atoms with Crippen molar-refractivity contribution in [1.29, 1.82) is 0 Å². The largest absolute Gasteiger partial charge is 0.323 e. The number of nitrogens with one attached hydrogen (secondary N) is 1. The molecule has 3 heterocycles. The van der Waals surface area contributed by atoms with Crippen LogP contribution in [0.2, 0.25) is 0 Å². The van der Waals surface area contributed by atoms with Crippen LogP contribution in [-0.2, 0) is 6.54 Å². The second kappa shape index (κ2) is 8.07. The maximum Gasteiger partial charge on any atom is 0.150 e. The average Bonchev–Trinajstić information content (AvgIpc) is 3.15. The second-order valence-electron chi connectivity index (χ2n) is 7.67. The molecule has 3 aromatic rings. The van der Waals surface area contributed by atoms with E-state index < -0.39 is 0 Å². The second-order valence-corrected chi connectivity index (χ2v) is 7.67. The van der Waals surface area contributed by atoms with E-state index in [1.54, 1.807) is 12.4 Å². The summed E-state index contributed by atoms with van der Waals surface area (Å²) < 4.78 is 0. The molecule has 1 aromatic carbocycles. The quantitative estimate of drug-likeness (QED) is 0.691. The summed E-state index contributed by atoms with van der Waals surface area (Å²) in [6.07, 6.45) is 7.76. The van der Waals surface area contributed by atoms with Crippen molar-refractivity contribution in [1.82, 2.24) is 19.9 Å². The molecule has 0 saturated carbocycles. The SMILES string of the molecule is Cc1ccc(CN2CCCC2c2cncc(Nc3ncccc3C)n2)cc1C. The van der Waals surface area contributed by atoms with E-state index in [0.29, 0.717) is 6.04 Å². The molecule has 0 spiro atoms. The third-order valence-corrected chi connectivity index (χ3v) is 5.57. The number of anilines is 2. The van der Waals surface area contributed by atoms with Gasteiger partial charge < -0.3 is 5.32 Å². The van der Waals surface area contributed by atoms with Crippen LogP contribution in [0.4, 0.5) is 11.6 Å². The molecule has 1 N–H and O–H groups in total. The highest BCUT2D eigenvalue weighted by molar-refractivity contribution is 5.54. The highest BCUT2D eigenvalue weighted by atomic mass is 15.2. The fraction of sp³-hybridized carbons (Fsp3) is 0.348. The zero-order chi connectivity index (χ0) is 19.5. The molecule has 1 fully saturated rings. The summed E-state index contributed by atoms with van der Waals surface area (Å²) in [5.74, 6) is 1.57. The molecule has 1 atom stereocenters. The van der Waals surface area contributed by atoms with Gasteiger partial charge in [0.05, 0.1) is 24.1 Å². The number of nitrogens with zero attached hydrogens (tertiary/aromatic N) is 4. The maximum absolute atomic E-state index is 4.86. The molecule has 4 rings (SSSR count). The van der Waals surface area contributed by atoms with Crippen LogP contribution in [-0.4, -0.2) is 26.4 Å². The van der Waals surface area contributed by atoms with Crippen molar-refractivity contribution in [3.8, 4) is 0 Å². The zero-order valence-corrected chi connectivity index (χ0v) is 16.8. The topological polar surface area (TPSA) is 53.9 Å². The molecule has 0 aliphatic carbocycles. The Balaban J connectivity index is 1.52. The Morgan fingerprint density at radius 2 is 1.96 bits per heavy atom. The normalized spacial score (nSPS) is 17.0. The molecule has 0 bridgehead atoms. The summed E-state index contributed by atoms with van der Waals surface area (Å²) in [7, 11) is 0. The lowest BCUT2D eigenvalue weighted by molar-refractivity contribution is 0.244. The molecule has 1 aliphatic heterocycles. The molecule has 5 heteroatoms. The average molecular weight is 374 g/mol. The number of hydrogen-bond acceptors (Lipinski definition) is 5. The lowest BCUT2D eigenvalue weighted by atomic mass is 10.1. The van der Waals surface area contributed by atoms with Gasteiger partial charge in [0.1, 0.15) is 11.6 Å². The van der Waals surface area contributed by atoms with E-state index in [4.69, 9.17) is 4.98 Å². The number of aromatic nitrogens is 3. The Morgan fingerprint density at radius 1 is 1.07 bits per heavy atom. The molecule has 5 nitrogen and oxygen atoms in total. The van der Waals surface area contributed by atoms with E-state index in [0.717, 1.165) is 42.4 Å². The molecule has 0 radical (unpaired) electrons. The molecule has 2 aromatic heterocycles. The van der Waals surface area contributed by atoms with E-state index in [1.165, 1.54) is 23.1 Å². The van der Waals surface area contributed by atoms with Gasteiger partial charge in [-0.2, -0.15) is 0 Å². The third-order valence-electron chi connectivity index (χ3n) is 5.57. The van der Waals surface area contributed by atoms with Crippen LogP contribution in [0.1, 0.15) is 46.8 Å². The lowest BCUT2D eigenvalue weighted by Gasteiger charge is -2.24. The fourth-order valence-corrected chi connectivity index (χ4v) is 3.83. The minimum atomic E-state index is 0.306. The van der Waals surface area contributed by atoms with Gasteiger partial charge in [-0.25, -0.2) is 9.97 Å². The van der Waals surface area contributed by atoms with Gasteiger partial charge in [0.2, 0.25) is 0 Å². The van der Waals surface area contributed by atoms with Gasteiger partial charge in [-0.3, -0.25) is 9.88 Å². The highest BCUT2D eigenvalue weighted by Crippen LogP contribution is 2.32. The smallest absolute Gasteiger partial charge is 0.150 e. The third kappa shape index (κ3) is 4.04. The number of rotatable bonds is 5. The van der Waals surface area contributed by atoms with E-state index in [9.17, 15) is 0 Å². The van der Waals surface area contributed by atoms with Gasteiger partial charge >= 0.3 is 0 Å². The molecule has 0 amide bonds. The minimum absolute atomic E-state index is 0.306. The van der Waals surface area contributed by atoms with E-state index in [2.05, 4.69) is 52.2 Å². The van der Waals surface area contributed by atoms with Crippen molar-refractivity contribution < 1.29 is 0 Å². The molecule has 1 aliphatic rings. The Hall–Kier alpha value is -2.79. The van der Waals surface area contributed by atoms with Gasteiger partial charge in [-0.05, 0) is 68.5 Å². The molecular weight excluding hydrogens is 346 g/mol. The van der Waals surface area contributed by atoms with Crippen LogP contribution in [0.3, 0.4) is 0 Å². The Kier molecular flexibility index (Phi) is 5.35. The van der Waals surface area contributed by atoms with Gasteiger partial charge in [0, 0.05) is 12.7 Å². The van der Waals surface area contributed by atoms with Crippen molar-refractivity contribution in [2.45, 2.75) is 46.2 Å². The summed E-state index contributed by atoms with van der Waals surface area (Å²) in [5, 5.41) is 3.31. The van der Waals surface area contributed by atoms with Gasteiger partial charge in [-0.1, -0.05) is 24.3 Å². The molecule has 28 heavy (non-hydrogen) atoms. The molecule has 1 unspecified atom stereocenters. The maximum atomic E-state index is 4.86. The number of benzene rings is 1. The Labute approximate surface area is 166 Å². The number of pyridine rings is 1. The van der Waals surface area contributed by atoms with Crippen molar-refractivity contribution in [2.75, 3.05) is 11.9 Å². The van der Waals surface area contributed by atoms with Gasteiger partial charge in [0.25, 0.3) is 0 Å². The van der Waals surface area contributed by atoms with Crippen molar-refractivity contribution in [2.24, 2.45) is 0 Å². The highest BCUT2D eigenvalue weighted by Gasteiger charge is 2.27. The van der Waals surface area contributed by atoms with E-state index in [1.807, 2.05) is 25.3 Å². The van der Waals surface area contributed by atoms with Crippen LogP contribution >= 0.6 is 0 Å². The predicted molar refractivity (Wildman–Crippen MR) is 113 cm³/mol. The first-order chi connectivity index (χ1) is 13.6. The number of aryl methyl sites for hydroxylation is 3. The summed E-state index contributed by atoms with van der Waals surface area (Å²) in [5.41, 5.74) is 6.18. The first kappa shape index (κ1) is 18.6. The summed E-state index contributed by atoms with van der Waals surface area (Å²) in [6.45, 7) is 8.42. The van der Waals surface area contributed by atoms with Gasteiger partial charge in [-0.15, -0.1) is 0 Å². The minimum Gasteiger partial charge on any atom is -0.323 e. The van der Waals surface area contributed by atoms with Crippen LogP contribution in [0, 0.1) is 20.8 Å². The zero-order valence-electron chi connectivity index (χ0n) is 16.8. The van der Waals surface area contributed by atoms with Crippen molar-refractivity contribution >= 4 is 11.6 Å². The first-order valence-corrected chi connectivity index (χ1v) is 9.91. The monoisotopic (exact) mass is 373 g/mol. The van der Waals surface area contributed by atoms with Crippen LogP contribution in [0.5, 0.6) is 0 Å². The summed E-state index contributed by atoms with van der Waals surface area (Å²) in [6, 6.07) is 11.0. The fourth-order valence-electron chi connectivity index (χ4n) is 3.83. The van der Waals surface area contributed by atoms with Gasteiger partial charge in [0.15, 0.2) is 0 Å². The van der Waals surface area contributed by atoms with E-state index >= 15 is 0 Å². The number of hydrogen-bond donors (Lipinski definition) is 1. The molecular formula is C23H27N5. The summed E-state index contributed by atoms with van der Waals surface area (Å²) >= 11 is 0. The molecule has 1 saturated heterocycles.